The number of nitrogens with one attached hydrogen (secondary N) is 1. The van der Waals surface area contributed by atoms with Crippen LogP contribution >= 0.6 is 12.6 Å². The van der Waals surface area contributed by atoms with Gasteiger partial charge in [0.2, 0.25) is 0 Å². The Labute approximate surface area is 131 Å². The van der Waals surface area contributed by atoms with Crippen LogP contribution in [-0.4, -0.2) is 11.8 Å². The number of amides is 1. The highest BCUT2D eigenvalue weighted by Crippen LogP contribution is 2.12. The van der Waals surface area contributed by atoms with Crippen LogP contribution < -0.4 is 5.32 Å². The van der Waals surface area contributed by atoms with E-state index in [2.05, 4.69) is 24.9 Å². The predicted octanol–water partition coefficient (Wildman–Crippen LogP) is 6.11. The molecule has 0 aliphatic carbocycles. The highest BCUT2D eigenvalue weighted by Gasteiger charge is 1.94. The average molecular weight is 302 g/mol. The number of unbranched alkanes of at least 4 members (excludes halogenated alkanes) is 13. The van der Waals surface area contributed by atoms with E-state index < -0.39 is 0 Å². The Bertz CT molecular complexity index is 209. The molecule has 0 saturated carbocycles. The Kier molecular flexibility index (Phi) is 16.7. The number of thiol groups is 1. The van der Waals surface area contributed by atoms with E-state index in [1.807, 2.05) is 0 Å². The van der Waals surface area contributed by atoms with Gasteiger partial charge in [0.05, 0.1) is 0 Å². The molecule has 0 aliphatic rings. The highest BCUT2D eigenvalue weighted by molar-refractivity contribution is 7.96. The lowest BCUT2D eigenvalue weighted by molar-refractivity contribution is 0.261. The second kappa shape index (κ2) is 16.9. The fourth-order valence-electron chi connectivity index (χ4n) is 2.51. The van der Waals surface area contributed by atoms with Crippen molar-refractivity contribution in [1.29, 1.82) is 0 Å². The summed E-state index contributed by atoms with van der Waals surface area (Å²) in [6.07, 6.45) is 19.1. The van der Waals surface area contributed by atoms with Gasteiger partial charge >= 0.3 is 0 Å². The van der Waals surface area contributed by atoms with Crippen LogP contribution in [0.25, 0.3) is 0 Å². The van der Waals surface area contributed by atoms with Crippen molar-refractivity contribution in [3.63, 3.8) is 0 Å². The monoisotopic (exact) mass is 301 g/mol. The van der Waals surface area contributed by atoms with Crippen molar-refractivity contribution in [3.05, 3.63) is 0 Å². The first-order valence-corrected chi connectivity index (χ1v) is 9.19. The largest absolute Gasteiger partial charge is 0.347 e. The van der Waals surface area contributed by atoms with Gasteiger partial charge in [0, 0.05) is 6.54 Å². The molecule has 2 nitrogen and oxygen atoms in total. The van der Waals surface area contributed by atoms with Gasteiger partial charge in [-0.2, -0.15) is 0 Å². The molecule has 0 aliphatic heterocycles. The SMILES string of the molecule is CCCCCCCCCCCCCCCCNC(=O)S. The highest BCUT2D eigenvalue weighted by atomic mass is 32.1. The molecule has 3 heteroatoms. The number of hydrogen-bond acceptors (Lipinski definition) is 1. The smallest absolute Gasteiger partial charge is 0.275 e. The second-order valence-electron chi connectivity index (χ2n) is 5.83. The number of carbonyl (C=O) groups excluding carboxylic acids is 1. The molecule has 120 valence electrons. The predicted molar refractivity (Wildman–Crippen MR) is 92.7 cm³/mol. The van der Waals surface area contributed by atoms with Gasteiger partial charge < -0.3 is 5.32 Å². The summed E-state index contributed by atoms with van der Waals surface area (Å²) in [5.41, 5.74) is 0. The van der Waals surface area contributed by atoms with Gasteiger partial charge in [-0.1, -0.05) is 103 Å². The van der Waals surface area contributed by atoms with Crippen LogP contribution in [0.5, 0.6) is 0 Å². The summed E-state index contributed by atoms with van der Waals surface area (Å²) in [4.78, 5) is 10.5. The molecular weight excluding hydrogens is 266 g/mol. The molecule has 0 saturated heterocycles. The molecule has 0 aromatic carbocycles. The van der Waals surface area contributed by atoms with Gasteiger partial charge in [-0.15, -0.1) is 0 Å². The fourth-order valence-corrected chi connectivity index (χ4v) is 2.63. The molecule has 1 amide bonds. The van der Waals surface area contributed by atoms with Crippen molar-refractivity contribution >= 4 is 17.9 Å². The number of rotatable bonds is 15. The van der Waals surface area contributed by atoms with Crippen molar-refractivity contribution < 1.29 is 4.79 Å². The molecule has 0 atom stereocenters. The second-order valence-corrected chi connectivity index (χ2v) is 6.23. The molecule has 20 heavy (non-hydrogen) atoms. The van der Waals surface area contributed by atoms with Crippen molar-refractivity contribution in [2.75, 3.05) is 6.54 Å². The summed E-state index contributed by atoms with van der Waals surface area (Å²) in [5, 5.41) is 2.51. The molecule has 0 bridgehead atoms. The van der Waals surface area contributed by atoms with Gasteiger partial charge in [0.15, 0.2) is 0 Å². The Morgan fingerprint density at radius 2 is 1.05 bits per heavy atom. The van der Waals surface area contributed by atoms with Gasteiger partial charge in [-0.25, -0.2) is 0 Å². The zero-order valence-electron chi connectivity index (χ0n) is 13.5. The molecule has 1 N–H and O–H groups in total. The molecule has 0 unspecified atom stereocenters. The summed E-state index contributed by atoms with van der Waals surface area (Å²) < 4.78 is 0. The Balaban J connectivity index is 2.94. The van der Waals surface area contributed by atoms with Gasteiger partial charge in [-0.3, -0.25) is 4.79 Å². The molecule has 0 fully saturated rings. The molecule has 0 rings (SSSR count). The maximum absolute atomic E-state index is 10.5. The van der Waals surface area contributed by atoms with Crippen LogP contribution in [0.3, 0.4) is 0 Å². The number of carbonyl (C=O) groups is 1. The van der Waals surface area contributed by atoms with E-state index in [9.17, 15) is 4.79 Å². The van der Waals surface area contributed by atoms with Crippen LogP contribution in [0.4, 0.5) is 4.79 Å². The topological polar surface area (TPSA) is 29.1 Å². The zero-order valence-corrected chi connectivity index (χ0v) is 14.4. The van der Waals surface area contributed by atoms with Crippen LogP contribution in [0.1, 0.15) is 96.8 Å². The van der Waals surface area contributed by atoms with Gasteiger partial charge in [-0.05, 0) is 6.42 Å². The fraction of sp³-hybridized carbons (Fsp3) is 0.941. The van der Waals surface area contributed by atoms with E-state index >= 15 is 0 Å². The van der Waals surface area contributed by atoms with Crippen molar-refractivity contribution in [2.24, 2.45) is 0 Å². The summed E-state index contributed by atoms with van der Waals surface area (Å²) in [6.45, 7) is 3.05. The first kappa shape index (κ1) is 19.8. The standard InChI is InChI=1S/C17H35NOS/c1-2-3-4-5-6-7-8-9-10-11-12-13-14-15-16-18-17(19)20/h2-16H2,1H3,(H2,18,19,20). The maximum atomic E-state index is 10.5. The van der Waals surface area contributed by atoms with E-state index in [4.69, 9.17) is 0 Å². The first-order chi connectivity index (χ1) is 9.77. The third-order valence-corrected chi connectivity index (χ3v) is 3.96. The third kappa shape index (κ3) is 17.8. The minimum Gasteiger partial charge on any atom is -0.347 e. The quantitative estimate of drug-likeness (QED) is 0.277. The first-order valence-electron chi connectivity index (χ1n) is 8.74. The summed E-state index contributed by atoms with van der Waals surface area (Å²) >= 11 is 3.67. The van der Waals surface area contributed by atoms with Crippen LogP contribution in [0.2, 0.25) is 0 Å². The van der Waals surface area contributed by atoms with Gasteiger partial charge in [0.1, 0.15) is 0 Å². The van der Waals surface area contributed by atoms with E-state index in [1.165, 1.54) is 83.5 Å². The molecule has 0 heterocycles. The lowest BCUT2D eigenvalue weighted by atomic mass is 10.0. The molecule has 0 aromatic heterocycles. The Hall–Kier alpha value is -0.180. The molecule has 0 radical (unpaired) electrons. The Morgan fingerprint density at radius 3 is 1.40 bits per heavy atom. The van der Waals surface area contributed by atoms with Crippen LogP contribution in [0, 0.1) is 0 Å². The molecular formula is C17H35NOS. The third-order valence-electron chi connectivity index (χ3n) is 3.81. The Morgan fingerprint density at radius 1 is 0.700 bits per heavy atom. The molecule has 0 aromatic rings. The van der Waals surface area contributed by atoms with E-state index in [1.54, 1.807) is 0 Å². The average Bonchev–Trinajstić information content (AvgIpc) is 2.43. The minimum atomic E-state index is -0.209. The maximum Gasteiger partial charge on any atom is 0.275 e. The van der Waals surface area contributed by atoms with Crippen molar-refractivity contribution in [2.45, 2.75) is 96.8 Å². The summed E-state index contributed by atoms with van der Waals surface area (Å²) in [5.74, 6) is 0. The van der Waals surface area contributed by atoms with Gasteiger partial charge in [0.25, 0.3) is 5.24 Å². The molecule has 0 spiro atoms. The zero-order chi connectivity index (χ0) is 14.9. The van der Waals surface area contributed by atoms with E-state index in [0.29, 0.717) is 0 Å². The normalized spacial score (nSPS) is 10.7. The van der Waals surface area contributed by atoms with Crippen LogP contribution in [-0.2, 0) is 0 Å². The summed E-state index contributed by atoms with van der Waals surface area (Å²) in [7, 11) is 0. The van der Waals surface area contributed by atoms with Crippen molar-refractivity contribution in [1.82, 2.24) is 5.32 Å². The number of hydrogen-bond donors (Lipinski definition) is 2. The summed E-state index contributed by atoms with van der Waals surface area (Å²) in [6, 6.07) is 0. The lowest BCUT2D eigenvalue weighted by Crippen LogP contribution is -2.17. The lowest BCUT2D eigenvalue weighted by Gasteiger charge is -2.03. The van der Waals surface area contributed by atoms with E-state index in [-0.39, 0.29) is 5.24 Å². The van der Waals surface area contributed by atoms with E-state index in [0.717, 1.165) is 13.0 Å². The van der Waals surface area contributed by atoms with Crippen molar-refractivity contribution in [3.8, 4) is 0 Å². The minimum absolute atomic E-state index is 0.209. The van der Waals surface area contributed by atoms with Crippen LogP contribution in [0.15, 0.2) is 0 Å².